The topological polar surface area (TPSA) is 42.4 Å². The molecular weight excluding hydrogens is 308 g/mol. The van der Waals surface area contributed by atoms with Crippen LogP contribution in [0.4, 0.5) is 4.79 Å². The van der Waals surface area contributed by atoms with E-state index in [-0.39, 0.29) is 11.3 Å². The first kappa shape index (κ1) is 16.2. The van der Waals surface area contributed by atoms with E-state index in [4.69, 9.17) is 16.3 Å². The molecule has 1 aliphatic heterocycles. The largest absolute Gasteiger partial charge is 0.444 e. The SMILES string of the molecule is C=C1CN(C(=O)OC(C)(C)C)C[C@@H]1Sc1ccc(Cl)cn1. The molecule has 6 heteroatoms. The van der Waals surface area contributed by atoms with Gasteiger partial charge in [0.05, 0.1) is 15.3 Å². The van der Waals surface area contributed by atoms with Gasteiger partial charge in [0.2, 0.25) is 0 Å². The lowest BCUT2D eigenvalue weighted by atomic mass is 10.2. The van der Waals surface area contributed by atoms with Crippen LogP contribution in [0, 0.1) is 0 Å². The Morgan fingerprint density at radius 2 is 2.24 bits per heavy atom. The summed E-state index contributed by atoms with van der Waals surface area (Å²) in [6.45, 7) is 10.8. The maximum atomic E-state index is 12.1. The minimum atomic E-state index is -0.485. The van der Waals surface area contributed by atoms with Crippen LogP contribution in [0.2, 0.25) is 5.02 Å². The van der Waals surface area contributed by atoms with Crippen LogP contribution in [0.1, 0.15) is 20.8 Å². The van der Waals surface area contributed by atoms with Crippen molar-refractivity contribution >= 4 is 29.5 Å². The normalized spacial score (nSPS) is 19.0. The number of ether oxygens (including phenoxy) is 1. The molecule has 0 bridgehead atoms. The Hall–Kier alpha value is -1.20. The number of amides is 1. The van der Waals surface area contributed by atoms with Crippen LogP contribution in [0.5, 0.6) is 0 Å². The van der Waals surface area contributed by atoms with E-state index < -0.39 is 5.60 Å². The minimum absolute atomic E-state index is 0.131. The Morgan fingerprint density at radius 1 is 1.52 bits per heavy atom. The van der Waals surface area contributed by atoms with Crippen LogP contribution in [-0.2, 0) is 4.74 Å². The molecule has 1 atom stereocenters. The fraction of sp³-hybridized carbons (Fsp3) is 0.467. The van der Waals surface area contributed by atoms with E-state index in [0.29, 0.717) is 18.1 Å². The highest BCUT2D eigenvalue weighted by Crippen LogP contribution is 2.32. The fourth-order valence-electron chi connectivity index (χ4n) is 1.90. The van der Waals surface area contributed by atoms with Crippen molar-refractivity contribution < 1.29 is 9.53 Å². The van der Waals surface area contributed by atoms with Gasteiger partial charge in [0, 0.05) is 19.3 Å². The Labute approximate surface area is 134 Å². The number of rotatable bonds is 2. The molecule has 1 fully saturated rings. The lowest BCUT2D eigenvalue weighted by Crippen LogP contribution is -2.35. The molecule has 0 spiro atoms. The van der Waals surface area contributed by atoms with Gasteiger partial charge in [-0.3, -0.25) is 0 Å². The third-order valence-electron chi connectivity index (χ3n) is 2.85. The summed E-state index contributed by atoms with van der Waals surface area (Å²) < 4.78 is 5.39. The van der Waals surface area contributed by atoms with E-state index in [9.17, 15) is 4.79 Å². The van der Waals surface area contributed by atoms with Gasteiger partial charge in [-0.2, -0.15) is 0 Å². The van der Waals surface area contributed by atoms with E-state index in [1.165, 1.54) is 0 Å². The van der Waals surface area contributed by atoms with Gasteiger partial charge in [0.15, 0.2) is 0 Å². The Balaban J connectivity index is 1.96. The van der Waals surface area contributed by atoms with Crippen molar-refractivity contribution in [1.82, 2.24) is 9.88 Å². The first-order valence-corrected chi connectivity index (χ1v) is 7.94. The second-order valence-electron chi connectivity index (χ2n) is 5.94. The fourth-order valence-corrected chi connectivity index (χ4v) is 3.06. The third kappa shape index (κ3) is 4.64. The average molecular weight is 327 g/mol. The van der Waals surface area contributed by atoms with Crippen molar-refractivity contribution in [2.45, 2.75) is 36.6 Å². The average Bonchev–Trinajstić information content (AvgIpc) is 2.72. The molecule has 114 valence electrons. The zero-order chi connectivity index (χ0) is 15.6. The monoisotopic (exact) mass is 326 g/mol. The van der Waals surface area contributed by atoms with Crippen molar-refractivity contribution in [2.75, 3.05) is 13.1 Å². The first-order valence-electron chi connectivity index (χ1n) is 6.68. The van der Waals surface area contributed by atoms with Crippen LogP contribution < -0.4 is 0 Å². The molecule has 1 aromatic rings. The lowest BCUT2D eigenvalue weighted by Gasteiger charge is -2.24. The molecule has 0 radical (unpaired) electrons. The van der Waals surface area contributed by atoms with Crippen molar-refractivity contribution in [3.05, 3.63) is 35.5 Å². The maximum absolute atomic E-state index is 12.1. The summed E-state index contributed by atoms with van der Waals surface area (Å²) in [4.78, 5) is 18.0. The van der Waals surface area contributed by atoms with Crippen LogP contribution in [0.15, 0.2) is 35.5 Å². The summed E-state index contributed by atoms with van der Waals surface area (Å²) in [6.07, 6.45) is 1.32. The number of carbonyl (C=O) groups is 1. The summed E-state index contributed by atoms with van der Waals surface area (Å²) in [7, 11) is 0. The summed E-state index contributed by atoms with van der Waals surface area (Å²) in [5, 5.41) is 1.61. The van der Waals surface area contributed by atoms with E-state index in [2.05, 4.69) is 11.6 Å². The van der Waals surface area contributed by atoms with Gasteiger partial charge in [-0.25, -0.2) is 9.78 Å². The van der Waals surface area contributed by atoms with E-state index >= 15 is 0 Å². The second kappa shape index (κ2) is 6.28. The molecule has 1 aromatic heterocycles. The number of likely N-dealkylation sites (tertiary alicyclic amines) is 1. The van der Waals surface area contributed by atoms with Crippen LogP contribution in [0.3, 0.4) is 0 Å². The van der Waals surface area contributed by atoms with Gasteiger partial charge in [-0.15, -0.1) is 0 Å². The van der Waals surface area contributed by atoms with Crippen molar-refractivity contribution in [2.24, 2.45) is 0 Å². The van der Waals surface area contributed by atoms with Gasteiger partial charge in [-0.1, -0.05) is 29.9 Å². The Morgan fingerprint density at radius 3 is 2.81 bits per heavy atom. The molecular formula is C15H19ClN2O2S. The summed E-state index contributed by atoms with van der Waals surface area (Å²) >= 11 is 7.41. The van der Waals surface area contributed by atoms with E-state index in [1.54, 1.807) is 28.9 Å². The van der Waals surface area contributed by atoms with E-state index in [1.807, 2.05) is 26.8 Å². The van der Waals surface area contributed by atoms with E-state index in [0.717, 1.165) is 10.6 Å². The predicted octanol–water partition coefficient (Wildman–Crippen LogP) is 4.00. The number of carbonyl (C=O) groups excluding carboxylic acids is 1. The molecule has 21 heavy (non-hydrogen) atoms. The highest BCUT2D eigenvalue weighted by atomic mass is 35.5. The Bertz CT molecular complexity index is 540. The number of thioether (sulfide) groups is 1. The molecule has 0 N–H and O–H groups in total. The number of hydrogen-bond acceptors (Lipinski definition) is 4. The number of aromatic nitrogens is 1. The number of nitrogens with zero attached hydrogens (tertiary/aromatic N) is 2. The summed E-state index contributed by atoms with van der Waals surface area (Å²) in [5.41, 5.74) is 0.518. The maximum Gasteiger partial charge on any atom is 0.410 e. The van der Waals surface area contributed by atoms with Gasteiger partial charge < -0.3 is 9.64 Å². The van der Waals surface area contributed by atoms with Crippen LogP contribution >= 0.6 is 23.4 Å². The summed E-state index contributed by atoms with van der Waals surface area (Å²) in [6, 6.07) is 3.68. The van der Waals surface area contributed by atoms with Crippen molar-refractivity contribution in [1.29, 1.82) is 0 Å². The van der Waals surface area contributed by atoms with Crippen molar-refractivity contribution in [3.63, 3.8) is 0 Å². The summed E-state index contributed by atoms with van der Waals surface area (Å²) in [5.74, 6) is 0. The van der Waals surface area contributed by atoms with Gasteiger partial charge in [0.1, 0.15) is 5.60 Å². The quantitative estimate of drug-likeness (QED) is 0.770. The third-order valence-corrected chi connectivity index (χ3v) is 4.32. The zero-order valence-corrected chi connectivity index (χ0v) is 14.0. The smallest absolute Gasteiger partial charge is 0.410 e. The van der Waals surface area contributed by atoms with Gasteiger partial charge >= 0.3 is 6.09 Å². The molecule has 0 saturated carbocycles. The van der Waals surface area contributed by atoms with Crippen LogP contribution in [0.25, 0.3) is 0 Å². The molecule has 2 heterocycles. The highest BCUT2D eigenvalue weighted by Gasteiger charge is 2.32. The Kier molecular flexibility index (Phi) is 4.84. The van der Waals surface area contributed by atoms with Crippen LogP contribution in [-0.4, -0.2) is 39.9 Å². The van der Waals surface area contributed by atoms with Gasteiger partial charge in [0.25, 0.3) is 0 Å². The number of hydrogen-bond donors (Lipinski definition) is 0. The molecule has 0 unspecified atom stereocenters. The zero-order valence-electron chi connectivity index (χ0n) is 12.4. The number of halogens is 1. The molecule has 0 aromatic carbocycles. The lowest BCUT2D eigenvalue weighted by molar-refractivity contribution is 0.0300. The molecule has 1 saturated heterocycles. The van der Waals surface area contributed by atoms with Gasteiger partial charge in [-0.05, 0) is 38.5 Å². The number of pyridine rings is 1. The molecule has 0 aliphatic carbocycles. The molecule has 4 nitrogen and oxygen atoms in total. The molecule has 2 rings (SSSR count). The minimum Gasteiger partial charge on any atom is -0.444 e. The first-order chi connectivity index (χ1) is 9.74. The standard InChI is InChI=1S/C15H19ClN2O2S/c1-10-8-18(14(19)20-15(2,3)4)9-12(10)21-13-6-5-11(16)7-17-13/h5-7,12H,1,8-9H2,2-4H3/t12-/m0/s1. The second-order valence-corrected chi connectivity index (χ2v) is 7.60. The molecule has 1 amide bonds. The predicted molar refractivity (Wildman–Crippen MR) is 85.8 cm³/mol. The highest BCUT2D eigenvalue weighted by molar-refractivity contribution is 8.00. The van der Waals surface area contributed by atoms with Crippen molar-refractivity contribution in [3.8, 4) is 0 Å². The molecule has 1 aliphatic rings.